The van der Waals surface area contributed by atoms with E-state index in [1.807, 2.05) is 27.7 Å². The zero-order valence-corrected chi connectivity index (χ0v) is 16.5. The number of guanidine groups is 1. The Morgan fingerprint density at radius 1 is 1.32 bits per heavy atom. The topological polar surface area (TPSA) is 86.2 Å². The van der Waals surface area contributed by atoms with E-state index in [0.717, 1.165) is 51.3 Å². The Labute approximate surface area is 152 Å². The molecule has 0 aromatic heterocycles. The van der Waals surface area contributed by atoms with Crippen LogP contribution in [0.3, 0.4) is 0 Å². The molecule has 1 saturated heterocycles. The van der Waals surface area contributed by atoms with Gasteiger partial charge in [-0.2, -0.15) is 0 Å². The van der Waals surface area contributed by atoms with Gasteiger partial charge in [-0.1, -0.05) is 13.3 Å². The van der Waals surface area contributed by atoms with Crippen LogP contribution in [0, 0.1) is 0 Å². The number of aliphatic hydroxyl groups excluding tert-OH is 1. The van der Waals surface area contributed by atoms with Crippen LogP contribution in [0.5, 0.6) is 0 Å². The summed E-state index contributed by atoms with van der Waals surface area (Å²) < 4.78 is 5.34. The fourth-order valence-electron chi connectivity index (χ4n) is 2.73. The Balaban J connectivity index is 2.66. The molecule has 1 atom stereocenters. The monoisotopic (exact) mass is 356 g/mol. The Morgan fingerprint density at radius 3 is 2.48 bits per heavy atom. The molecule has 1 aliphatic rings. The van der Waals surface area contributed by atoms with Gasteiger partial charge in [-0.3, -0.25) is 4.99 Å². The number of likely N-dealkylation sites (tertiary alicyclic amines) is 1. The zero-order chi connectivity index (χ0) is 18.9. The Morgan fingerprint density at radius 2 is 1.96 bits per heavy atom. The van der Waals surface area contributed by atoms with Crippen molar-refractivity contribution in [3.63, 3.8) is 0 Å². The highest BCUT2D eigenvalue weighted by atomic mass is 16.6. The number of piperidine rings is 1. The quantitative estimate of drug-likeness (QED) is 0.501. The van der Waals surface area contributed by atoms with Crippen LogP contribution < -0.4 is 10.6 Å². The second kappa shape index (κ2) is 10.5. The minimum atomic E-state index is -0.506. The van der Waals surface area contributed by atoms with Crippen molar-refractivity contribution in [2.75, 3.05) is 26.2 Å². The van der Waals surface area contributed by atoms with E-state index in [0.29, 0.717) is 6.54 Å². The predicted molar refractivity (Wildman–Crippen MR) is 101 cm³/mol. The molecular formula is C18H36N4O3. The van der Waals surface area contributed by atoms with Crippen molar-refractivity contribution in [1.29, 1.82) is 0 Å². The van der Waals surface area contributed by atoms with Gasteiger partial charge in [0.1, 0.15) is 5.60 Å². The summed E-state index contributed by atoms with van der Waals surface area (Å²) in [5.41, 5.74) is -0.506. The minimum Gasteiger partial charge on any atom is -0.444 e. The maximum absolute atomic E-state index is 12.0. The molecule has 0 aromatic carbocycles. The van der Waals surface area contributed by atoms with Gasteiger partial charge in [0.15, 0.2) is 5.96 Å². The van der Waals surface area contributed by atoms with Crippen LogP contribution >= 0.6 is 0 Å². The molecule has 1 unspecified atom stereocenters. The van der Waals surface area contributed by atoms with E-state index in [9.17, 15) is 9.90 Å². The standard InChI is InChI=1S/C18H36N4O3/c1-6-8-14(21-17(24)25-18(3,4)5)13-20-16(19-7-2)22-11-9-15(23)10-12-22/h14-15,23H,6-13H2,1-5H3,(H,19,20)(H,21,24). The summed E-state index contributed by atoms with van der Waals surface area (Å²) in [6, 6.07) is -0.0520. The van der Waals surface area contributed by atoms with Crippen LogP contribution in [0.1, 0.15) is 60.3 Å². The first-order chi connectivity index (χ1) is 11.7. The number of amides is 1. The summed E-state index contributed by atoms with van der Waals surface area (Å²) in [4.78, 5) is 18.9. The van der Waals surface area contributed by atoms with Gasteiger partial charge in [-0.05, 0) is 47.0 Å². The van der Waals surface area contributed by atoms with E-state index in [1.165, 1.54) is 0 Å². The molecule has 0 aliphatic carbocycles. The lowest BCUT2D eigenvalue weighted by Crippen LogP contribution is -2.47. The van der Waals surface area contributed by atoms with Gasteiger partial charge in [-0.25, -0.2) is 4.79 Å². The van der Waals surface area contributed by atoms with Crippen molar-refractivity contribution in [1.82, 2.24) is 15.5 Å². The van der Waals surface area contributed by atoms with Gasteiger partial charge in [0.05, 0.1) is 18.7 Å². The predicted octanol–water partition coefficient (Wildman–Crippen LogP) is 2.10. The zero-order valence-electron chi connectivity index (χ0n) is 16.5. The number of hydrogen-bond donors (Lipinski definition) is 3. The van der Waals surface area contributed by atoms with Crippen LogP contribution in [0.15, 0.2) is 4.99 Å². The molecule has 7 heteroatoms. The highest BCUT2D eigenvalue weighted by molar-refractivity contribution is 5.80. The average Bonchev–Trinajstić information content (AvgIpc) is 2.50. The van der Waals surface area contributed by atoms with Crippen molar-refractivity contribution in [2.45, 2.75) is 78.0 Å². The molecule has 3 N–H and O–H groups in total. The van der Waals surface area contributed by atoms with Crippen molar-refractivity contribution in [2.24, 2.45) is 4.99 Å². The number of carbonyl (C=O) groups excluding carboxylic acids is 1. The van der Waals surface area contributed by atoms with E-state index >= 15 is 0 Å². The summed E-state index contributed by atoms with van der Waals surface area (Å²) in [6.07, 6.45) is 2.73. The first-order valence-electron chi connectivity index (χ1n) is 9.46. The summed E-state index contributed by atoms with van der Waals surface area (Å²) in [5.74, 6) is 0.849. The first kappa shape index (κ1) is 21.5. The number of alkyl carbamates (subject to hydrolysis) is 1. The van der Waals surface area contributed by atoms with Crippen LogP contribution in [0.2, 0.25) is 0 Å². The second-order valence-corrected chi connectivity index (χ2v) is 7.54. The number of aliphatic hydroxyl groups is 1. The Kier molecular flexibility index (Phi) is 9.03. The number of nitrogens with one attached hydrogen (secondary N) is 2. The Hall–Kier alpha value is -1.50. The molecule has 0 radical (unpaired) electrons. The maximum atomic E-state index is 12.0. The summed E-state index contributed by atoms with van der Waals surface area (Å²) in [5, 5.41) is 15.9. The normalized spacial score (nSPS) is 18.0. The van der Waals surface area contributed by atoms with Gasteiger partial charge in [0.25, 0.3) is 0 Å². The van der Waals surface area contributed by atoms with E-state index in [4.69, 9.17) is 9.73 Å². The van der Waals surface area contributed by atoms with Crippen molar-refractivity contribution >= 4 is 12.1 Å². The van der Waals surface area contributed by atoms with E-state index < -0.39 is 11.7 Å². The van der Waals surface area contributed by atoms with Gasteiger partial charge in [-0.15, -0.1) is 0 Å². The molecule has 0 aromatic rings. The number of nitrogens with zero attached hydrogens (tertiary/aromatic N) is 2. The van der Waals surface area contributed by atoms with Gasteiger partial charge in [0.2, 0.25) is 0 Å². The molecule has 1 fully saturated rings. The van der Waals surface area contributed by atoms with Crippen LogP contribution in [0.25, 0.3) is 0 Å². The molecule has 25 heavy (non-hydrogen) atoms. The lowest BCUT2D eigenvalue weighted by Gasteiger charge is -2.32. The number of rotatable bonds is 6. The highest BCUT2D eigenvalue weighted by Gasteiger charge is 2.21. The van der Waals surface area contributed by atoms with Crippen molar-refractivity contribution < 1.29 is 14.6 Å². The molecule has 0 saturated carbocycles. The second-order valence-electron chi connectivity index (χ2n) is 7.54. The number of hydrogen-bond acceptors (Lipinski definition) is 4. The molecule has 0 spiro atoms. The average molecular weight is 357 g/mol. The van der Waals surface area contributed by atoms with Crippen LogP contribution in [-0.2, 0) is 4.74 Å². The minimum absolute atomic E-state index is 0.0520. The smallest absolute Gasteiger partial charge is 0.407 e. The Bertz CT molecular complexity index is 427. The molecule has 1 aliphatic heterocycles. The summed E-state index contributed by atoms with van der Waals surface area (Å²) in [6.45, 7) is 12.6. The van der Waals surface area contributed by atoms with E-state index in [1.54, 1.807) is 0 Å². The van der Waals surface area contributed by atoms with Crippen LogP contribution in [-0.4, -0.2) is 66.0 Å². The van der Waals surface area contributed by atoms with Gasteiger partial charge >= 0.3 is 6.09 Å². The molecule has 7 nitrogen and oxygen atoms in total. The van der Waals surface area contributed by atoms with Gasteiger partial charge in [0, 0.05) is 19.6 Å². The van der Waals surface area contributed by atoms with E-state index in [-0.39, 0.29) is 12.1 Å². The first-order valence-corrected chi connectivity index (χ1v) is 9.46. The van der Waals surface area contributed by atoms with Gasteiger partial charge < -0.3 is 25.4 Å². The molecule has 0 bridgehead atoms. The lowest BCUT2D eigenvalue weighted by atomic mass is 10.1. The van der Waals surface area contributed by atoms with E-state index in [2.05, 4.69) is 22.5 Å². The molecule has 1 rings (SSSR count). The fraction of sp³-hybridized carbons (Fsp3) is 0.889. The van der Waals surface area contributed by atoms with Crippen molar-refractivity contribution in [3.05, 3.63) is 0 Å². The lowest BCUT2D eigenvalue weighted by molar-refractivity contribution is 0.0503. The third-order valence-corrected chi connectivity index (χ3v) is 3.92. The number of carbonyl (C=O) groups is 1. The molecule has 146 valence electrons. The number of ether oxygens (including phenoxy) is 1. The maximum Gasteiger partial charge on any atom is 0.407 e. The van der Waals surface area contributed by atoms with Crippen LogP contribution in [0.4, 0.5) is 4.79 Å². The van der Waals surface area contributed by atoms with Crippen molar-refractivity contribution in [3.8, 4) is 0 Å². The molecule has 1 heterocycles. The molecule has 1 amide bonds. The largest absolute Gasteiger partial charge is 0.444 e. The fourth-order valence-corrected chi connectivity index (χ4v) is 2.73. The highest BCUT2D eigenvalue weighted by Crippen LogP contribution is 2.11. The third-order valence-electron chi connectivity index (χ3n) is 3.92. The third kappa shape index (κ3) is 8.95. The summed E-state index contributed by atoms with van der Waals surface area (Å²) >= 11 is 0. The molecular weight excluding hydrogens is 320 g/mol. The number of aliphatic imine (C=N–C) groups is 1. The SMILES string of the molecule is CCCC(CN=C(NCC)N1CCC(O)CC1)NC(=O)OC(C)(C)C. The summed E-state index contributed by atoms with van der Waals surface area (Å²) in [7, 11) is 0.